The summed E-state index contributed by atoms with van der Waals surface area (Å²) in [5.41, 5.74) is 0.634. The van der Waals surface area contributed by atoms with Crippen LogP contribution in [-0.4, -0.2) is 48.5 Å². The van der Waals surface area contributed by atoms with E-state index in [0.29, 0.717) is 5.69 Å². The third-order valence-corrected chi connectivity index (χ3v) is 4.12. The van der Waals surface area contributed by atoms with Gasteiger partial charge in [0.05, 0.1) is 11.4 Å². The number of amides is 1. The first-order valence-corrected chi connectivity index (χ1v) is 8.27. The Labute approximate surface area is 112 Å². The molecule has 0 N–H and O–H groups in total. The zero-order valence-electron chi connectivity index (χ0n) is 11.3. The lowest BCUT2D eigenvalue weighted by Gasteiger charge is -2.27. The predicted octanol–water partition coefficient (Wildman–Crippen LogP) is 1.02. The van der Waals surface area contributed by atoms with Crippen LogP contribution in [0.2, 0.25) is 0 Å². The molecule has 1 aromatic rings. The third-order valence-electron chi connectivity index (χ3n) is 3.03. The average Bonchev–Trinajstić information content (AvgIpc) is 2.97. The monoisotopic (exact) mass is 286 g/mol. The summed E-state index contributed by atoms with van der Waals surface area (Å²) >= 11 is 0. The molecule has 0 unspecified atom stereocenters. The molecule has 1 saturated carbocycles. The van der Waals surface area contributed by atoms with E-state index in [4.69, 9.17) is 4.52 Å². The quantitative estimate of drug-likeness (QED) is 0.807. The van der Waals surface area contributed by atoms with Crippen LogP contribution in [0.3, 0.4) is 0 Å². The molecule has 6 nitrogen and oxygen atoms in total. The Morgan fingerprint density at radius 1 is 1.58 bits per heavy atom. The topological polar surface area (TPSA) is 80.5 Å². The largest absolute Gasteiger partial charge is 0.351 e. The number of aryl methyl sites for hydroxylation is 1. The molecule has 1 aliphatic rings. The second kappa shape index (κ2) is 4.96. The number of hydrogen-bond donors (Lipinski definition) is 0. The van der Waals surface area contributed by atoms with Crippen molar-refractivity contribution in [2.45, 2.75) is 38.8 Å². The normalized spacial score (nSPS) is 17.2. The Morgan fingerprint density at radius 3 is 2.63 bits per heavy atom. The van der Waals surface area contributed by atoms with Gasteiger partial charge in [0.1, 0.15) is 9.84 Å². The van der Waals surface area contributed by atoms with E-state index in [1.54, 1.807) is 24.8 Å². The molecule has 0 saturated heterocycles. The van der Waals surface area contributed by atoms with Gasteiger partial charge in [-0.3, -0.25) is 4.79 Å². The second-order valence-electron chi connectivity index (χ2n) is 5.22. The molecule has 106 valence electrons. The number of hydrogen-bond acceptors (Lipinski definition) is 5. The fourth-order valence-corrected chi connectivity index (χ4v) is 3.23. The van der Waals surface area contributed by atoms with Crippen LogP contribution in [0.4, 0.5) is 0 Å². The number of nitrogens with zero attached hydrogens (tertiary/aromatic N) is 2. The van der Waals surface area contributed by atoms with Gasteiger partial charge >= 0.3 is 0 Å². The summed E-state index contributed by atoms with van der Waals surface area (Å²) in [5, 5.41) is 3.69. The molecular formula is C12H18N2O4S. The Hall–Kier alpha value is -1.37. The fraction of sp³-hybridized carbons (Fsp3) is 0.667. The van der Waals surface area contributed by atoms with Gasteiger partial charge in [0.15, 0.2) is 0 Å². The maximum atomic E-state index is 12.4. The van der Waals surface area contributed by atoms with Crippen LogP contribution in [-0.2, 0) is 9.84 Å². The summed E-state index contributed by atoms with van der Waals surface area (Å²) in [7, 11) is -3.12. The lowest BCUT2D eigenvalue weighted by Crippen LogP contribution is -2.43. The van der Waals surface area contributed by atoms with Crippen molar-refractivity contribution in [2.24, 2.45) is 0 Å². The number of sulfone groups is 1. The predicted molar refractivity (Wildman–Crippen MR) is 69.6 cm³/mol. The molecule has 0 aliphatic heterocycles. The molecule has 0 radical (unpaired) electrons. The SMILES string of the molecule is Cc1cc(C(=O)N(C2CC2)[C@H](C)CS(C)(=O)=O)on1. The van der Waals surface area contributed by atoms with E-state index in [0.717, 1.165) is 12.8 Å². The van der Waals surface area contributed by atoms with E-state index in [1.807, 2.05) is 0 Å². The molecule has 7 heteroatoms. The van der Waals surface area contributed by atoms with E-state index in [9.17, 15) is 13.2 Å². The van der Waals surface area contributed by atoms with Gasteiger partial charge in [-0.05, 0) is 26.7 Å². The number of rotatable bonds is 5. The van der Waals surface area contributed by atoms with Gasteiger partial charge in [-0.1, -0.05) is 5.16 Å². The van der Waals surface area contributed by atoms with Crippen molar-refractivity contribution in [3.63, 3.8) is 0 Å². The molecule has 0 spiro atoms. The van der Waals surface area contributed by atoms with E-state index >= 15 is 0 Å². The minimum absolute atomic E-state index is 0.0393. The van der Waals surface area contributed by atoms with Crippen molar-refractivity contribution >= 4 is 15.7 Å². The number of aromatic nitrogens is 1. The van der Waals surface area contributed by atoms with Gasteiger partial charge in [-0.15, -0.1) is 0 Å². The molecule has 1 amide bonds. The van der Waals surface area contributed by atoms with Crippen LogP contribution in [0.15, 0.2) is 10.6 Å². The Bertz CT molecular complexity index is 574. The van der Waals surface area contributed by atoms with Crippen molar-refractivity contribution in [1.82, 2.24) is 10.1 Å². The zero-order valence-corrected chi connectivity index (χ0v) is 12.1. The zero-order chi connectivity index (χ0) is 14.2. The van der Waals surface area contributed by atoms with Crippen molar-refractivity contribution in [3.05, 3.63) is 17.5 Å². The van der Waals surface area contributed by atoms with Crippen LogP contribution < -0.4 is 0 Å². The Kier molecular flexibility index (Phi) is 3.66. The lowest BCUT2D eigenvalue weighted by atomic mass is 10.2. The third kappa shape index (κ3) is 3.56. The summed E-state index contributed by atoms with van der Waals surface area (Å²) in [6, 6.07) is 1.33. The molecule has 1 heterocycles. The van der Waals surface area contributed by atoms with Gasteiger partial charge in [-0.25, -0.2) is 8.42 Å². The minimum Gasteiger partial charge on any atom is -0.351 e. The van der Waals surface area contributed by atoms with Gasteiger partial charge in [0.25, 0.3) is 5.91 Å². The van der Waals surface area contributed by atoms with Crippen LogP contribution in [0.5, 0.6) is 0 Å². The number of carbonyl (C=O) groups excluding carboxylic acids is 1. The smallest absolute Gasteiger partial charge is 0.292 e. The molecule has 19 heavy (non-hydrogen) atoms. The minimum atomic E-state index is -3.12. The van der Waals surface area contributed by atoms with Crippen LogP contribution >= 0.6 is 0 Å². The van der Waals surface area contributed by atoms with E-state index < -0.39 is 9.84 Å². The van der Waals surface area contributed by atoms with E-state index in [1.165, 1.54) is 6.26 Å². The lowest BCUT2D eigenvalue weighted by molar-refractivity contribution is 0.0650. The summed E-state index contributed by atoms with van der Waals surface area (Å²) in [6.07, 6.45) is 3.00. The highest BCUT2D eigenvalue weighted by Gasteiger charge is 2.38. The van der Waals surface area contributed by atoms with Gasteiger partial charge in [0.2, 0.25) is 5.76 Å². The molecule has 1 fully saturated rings. The summed E-state index contributed by atoms with van der Waals surface area (Å²) < 4.78 is 27.7. The first-order valence-electron chi connectivity index (χ1n) is 6.21. The van der Waals surface area contributed by atoms with Crippen molar-refractivity contribution < 1.29 is 17.7 Å². The molecule has 0 aromatic carbocycles. The fourth-order valence-electron chi connectivity index (χ4n) is 2.19. The van der Waals surface area contributed by atoms with Gasteiger partial charge in [-0.2, -0.15) is 0 Å². The highest BCUT2D eigenvalue weighted by Crippen LogP contribution is 2.30. The first kappa shape index (κ1) is 14.0. The standard InChI is InChI=1S/C12H18N2O4S/c1-8-6-11(18-13-8)12(15)14(10-4-5-10)9(2)7-19(3,16)17/h6,9-10H,4-5,7H2,1-3H3/t9-/m1/s1. The maximum absolute atomic E-state index is 12.4. The van der Waals surface area contributed by atoms with Crippen LogP contribution in [0.1, 0.15) is 36.0 Å². The van der Waals surface area contributed by atoms with Crippen LogP contribution in [0.25, 0.3) is 0 Å². The molecular weight excluding hydrogens is 268 g/mol. The second-order valence-corrected chi connectivity index (χ2v) is 7.40. The van der Waals surface area contributed by atoms with Gasteiger partial charge in [0, 0.05) is 24.4 Å². The van der Waals surface area contributed by atoms with Crippen LogP contribution in [0, 0.1) is 6.92 Å². The molecule has 0 bridgehead atoms. The summed E-state index contributed by atoms with van der Waals surface area (Å²) in [4.78, 5) is 14.0. The van der Waals surface area contributed by atoms with Gasteiger partial charge < -0.3 is 9.42 Å². The molecule has 1 aromatic heterocycles. The van der Waals surface area contributed by atoms with E-state index in [2.05, 4.69) is 5.16 Å². The number of carbonyl (C=O) groups is 1. The summed E-state index contributed by atoms with van der Waals surface area (Å²) in [6.45, 7) is 3.49. The molecule has 2 rings (SSSR count). The van der Waals surface area contributed by atoms with E-state index in [-0.39, 0.29) is 29.5 Å². The van der Waals surface area contributed by atoms with Crippen molar-refractivity contribution in [3.8, 4) is 0 Å². The van der Waals surface area contributed by atoms with Crippen molar-refractivity contribution in [2.75, 3.05) is 12.0 Å². The summed E-state index contributed by atoms with van der Waals surface area (Å²) in [5.74, 6) is -0.147. The maximum Gasteiger partial charge on any atom is 0.292 e. The Balaban J connectivity index is 2.18. The molecule has 1 atom stereocenters. The molecule has 1 aliphatic carbocycles. The first-order chi connectivity index (χ1) is 8.78. The van der Waals surface area contributed by atoms with Crippen molar-refractivity contribution in [1.29, 1.82) is 0 Å². The highest BCUT2D eigenvalue weighted by molar-refractivity contribution is 7.90. The Morgan fingerprint density at radius 2 is 2.21 bits per heavy atom. The average molecular weight is 286 g/mol. The highest BCUT2D eigenvalue weighted by atomic mass is 32.2.